The minimum Gasteiger partial charge on any atom is -0.298 e. The van der Waals surface area contributed by atoms with Gasteiger partial charge in [-0.1, -0.05) is 42.0 Å². The maximum atomic E-state index is 11.4. The standard InChI is InChI=1S/C17H21N3O/c1-13-4-3-5-15(10-13)12-20(2)11-14-6-8-16(9-7-14)17(21)19-18/h3-10H,11-12,18H2,1-2H3,(H,19,21). The van der Waals surface area contributed by atoms with Gasteiger partial charge in [-0.15, -0.1) is 0 Å². The molecule has 0 spiro atoms. The van der Waals surface area contributed by atoms with Crippen LogP contribution in [0.15, 0.2) is 48.5 Å². The summed E-state index contributed by atoms with van der Waals surface area (Å²) in [5, 5.41) is 0. The van der Waals surface area contributed by atoms with Crippen molar-refractivity contribution in [3.05, 3.63) is 70.8 Å². The van der Waals surface area contributed by atoms with Gasteiger partial charge in [0.2, 0.25) is 0 Å². The van der Waals surface area contributed by atoms with Crippen molar-refractivity contribution in [1.82, 2.24) is 10.3 Å². The number of hydrazine groups is 1. The number of nitrogens with one attached hydrogen (secondary N) is 1. The fourth-order valence-corrected chi connectivity index (χ4v) is 2.33. The molecule has 2 rings (SSSR count). The van der Waals surface area contributed by atoms with Crippen molar-refractivity contribution in [2.45, 2.75) is 20.0 Å². The Bertz CT molecular complexity index is 608. The Labute approximate surface area is 125 Å². The van der Waals surface area contributed by atoms with E-state index in [4.69, 9.17) is 5.84 Å². The van der Waals surface area contributed by atoms with Crippen LogP contribution in [0.4, 0.5) is 0 Å². The highest BCUT2D eigenvalue weighted by atomic mass is 16.2. The van der Waals surface area contributed by atoms with Crippen LogP contribution in [0.2, 0.25) is 0 Å². The number of hydrogen-bond acceptors (Lipinski definition) is 3. The van der Waals surface area contributed by atoms with Gasteiger partial charge in [-0.2, -0.15) is 0 Å². The predicted molar refractivity (Wildman–Crippen MR) is 84.4 cm³/mol. The zero-order chi connectivity index (χ0) is 15.2. The number of amides is 1. The summed E-state index contributed by atoms with van der Waals surface area (Å²) in [6, 6.07) is 16.0. The zero-order valence-corrected chi connectivity index (χ0v) is 12.5. The third kappa shape index (κ3) is 4.41. The van der Waals surface area contributed by atoms with Gasteiger partial charge in [0.1, 0.15) is 0 Å². The second-order valence-corrected chi connectivity index (χ2v) is 5.33. The van der Waals surface area contributed by atoms with E-state index in [0.29, 0.717) is 5.56 Å². The lowest BCUT2D eigenvalue weighted by atomic mass is 10.1. The van der Waals surface area contributed by atoms with Crippen LogP contribution in [-0.4, -0.2) is 17.9 Å². The Kier molecular flexibility index (Phi) is 5.09. The molecule has 2 aromatic carbocycles. The second-order valence-electron chi connectivity index (χ2n) is 5.33. The van der Waals surface area contributed by atoms with Gasteiger partial charge in [0.25, 0.3) is 5.91 Å². The largest absolute Gasteiger partial charge is 0.298 e. The first kappa shape index (κ1) is 15.2. The van der Waals surface area contributed by atoms with E-state index in [1.54, 1.807) is 12.1 Å². The summed E-state index contributed by atoms with van der Waals surface area (Å²) in [5.74, 6) is 4.84. The Morgan fingerprint density at radius 1 is 1.10 bits per heavy atom. The molecule has 3 N–H and O–H groups in total. The number of benzene rings is 2. The monoisotopic (exact) mass is 283 g/mol. The summed E-state index contributed by atoms with van der Waals surface area (Å²) in [6.45, 7) is 3.83. The lowest BCUT2D eigenvalue weighted by Gasteiger charge is -2.17. The highest BCUT2D eigenvalue weighted by Crippen LogP contribution is 2.11. The van der Waals surface area contributed by atoms with E-state index in [2.05, 4.69) is 48.6 Å². The molecule has 1 amide bonds. The molecule has 0 unspecified atom stereocenters. The highest BCUT2D eigenvalue weighted by molar-refractivity contribution is 5.93. The van der Waals surface area contributed by atoms with E-state index < -0.39 is 0 Å². The van der Waals surface area contributed by atoms with Crippen molar-refractivity contribution < 1.29 is 4.79 Å². The normalized spacial score (nSPS) is 10.7. The van der Waals surface area contributed by atoms with Crippen LogP contribution in [0, 0.1) is 6.92 Å². The summed E-state index contributed by atoms with van der Waals surface area (Å²) >= 11 is 0. The smallest absolute Gasteiger partial charge is 0.265 e. The first-order valence-electron chi connectivity index (χ1n) is 6.92. The van der Waals surface area contributed by atoms with Crippen molar-refractivity contribution in [3.8, 4) is 0 Å². The Hall–Kier alpha value is -2.17. The molecule has 4 heteroatoms. The van der Waals surface area contributed by atoms with Crippen molar-refractivity contribution in [2.24, 2.45) is 5.84 Å². The first-order valence-corrected chi connectivity index (χ1v) is 6.92. The second kappa shape index (κ2) is 7.02. The van der Waals surface area contributed by atoms with E-state index in [-0.39, 0.29) is 5.91 Å². The van der Waals surface area contributed by atoms with Crippen LogP contribution < -0.4 is 11.3 Å². The van der Waals surface area contributed by atoms with Gasteiger partial charge in [0.15, 0.2) is 0 Å². The minimum atomic E-state index is -0.269. The van der Waals surface area contributed by atoms with Gasteiger partial charge in [0, 0.05) is 18.7 Å². The molecule has 0 aliphatic carbocycles. The fourth-order valence-electron chi connectivity index (χ4n) is 2.33. The molecule has 0 aliphatic heterocycles. The Morgan fingerprint density at radius 2 is 1.76 bits per heavy atom. The quantitative estimate of drug-likeness (QED) is 0.502. The number of carbonyl (C=O) groups excluding carboxylic acids is 1. The summed E-state index contributed by atoms with van der Waals surface area (Å²) in [5.41, 5.74) is 6.45. The zero-order valence-electron chi connectivity index (χ0n) is 12.5. The van der Waals surface area contributed by atoms with Gasteiger partial charge in [-0.3, -0.25) is 15.1 Å². The number of aryl methyl sites for hydroxylation is 1. The molecule has 0 radical (unpaired) electrons. The van der Waals surface area contributed by atoms with Gasteiger partial charge in [0.05, 0.1) is 0 Å². The van der Waals surface area contributed by atoms with Crippen LogP contribution in [-0.2, 0) is 13.1 Å². The summed E-state index contributed by atoms with van der Waals surface area (Å²) < 4.78 is 0. The van der Waals surface area contributed by atoms with Crippen molar-refractivity contribution in [2.75, 3.05) is 7.05 Å². The molecule has 0 aromatic heterocycles. The third-order valence-electron chi connectivity index (χ3n) is 3.33. The molecule has 110 valence electrons. The number of nitrogens with zero attached hydrogens (tertiary/aromatic N) is 1. The Balaban J connectivity index is 1.96. The molecule has 0 fully saturated rings. The van der Waals surface area contributed by atoms with Crippen LogP contribution in [0.3, 0.4) is 0 Å². The maximum absolute atomic E-state index is 11.4. The van der Waals surface area contributed by atoms with Crippen LogP contribution >= 0.6 is 0 Å². The number of nitrogens with two attached hydrogens (primary N) is 1. The average molecular weight is 283 g/mol. The molecule has 4 nitrogen and oxygen atoms in total. The van der Waals surface area contributed by atoms with E-state index >= 15 is 0 Å². The minimum absolute atomic E-state index is 0.269. The molecular formula is C17H21N3O. The number of carbonyl (C=O) groups is 1. The molecule has 0 aliphatic rings. The van der Waals surface area contributed by atoms with Crippen molar-refractivity contribution in [3.63, 3.8) is 0 Å². The molecule has 0 atom stereocenters. The fraction of sp³-hybridized carbons (Fsp3) is 0.235. The van der Waals surface area contributed by atoms with E-state index in [0.717, 1.165) is 13.1 Å². The summed E-state index contributed by atoms with van der Waals surface area (Å²) in [4.78, 5) is 13.6. The van der Waals surface area contributed by atoms with Crippen LogP contribution in [0.1, 0.15) is 27.0 Å². The summed E-state index contributed by atoms with van der Waals surface area (Å²) in [7, 11) is 2.09. The van der Waals surface area contributed by atoms with E-state index in [1.807, 2.05) is 12.1 Å². The molecule has 0 saturated heterocycles. The number of nitrogen functional groups attached to an aromatic ring is 1. The van der Waals surface area contributed by atoms with Gasteiger partial charge in [-0.05, 0) is 37.2 Å². The molecule has 0 bridgehead atoms. The van der Waals surface area contributed by atoms with Gasteiger partial charge in [-0.25, -0.2) is 5.84 Å². The maximum Gasteiger partial charge on any atom is 0.265 e. The van der Waals surface area contributed by atoms with Crippen LogP contribution in [0.5, 0.6) is 0 Å². The average Bonchev–Trinajstić information content (AvgIpc) is 2.47. The van der Waals surface area contributed by atoms with Gasteiger partial charge >= 0.3 is 0 Å². The third-order valence-corrected chi connectivity index (χ3v) is 3.33. The molecular weight excluding hydrogens is 262 g/mol. The summed E-state index contributed by atoms with van der Waals surface area (Å²) in [6.07, 6.45) is 0. The molecule has 0 heterocycles. The molecule has 0 saturated carbocycles. The molecule has 21 heavy (non-hydrogen) atoms. The lowest BCUT2D eigenvalue weighted by Crippen LogP contribution is -2.29. The topological polar surface area (TPSA) is 58.4 Å². The highest BCUT2D eigenvalue weighted by Gasteiger charge is 2.05. The van der Waals surface area contributed by atoms with Crippen molar-refractivity contribution >= 4 is 5.91 Å². The Morgan fingerprint density at radius 3 is 2.38 bits per heavy atom. The number of hydrogen-bond donors (Lipinski definition) is 2. The van der Waals surface area contributed by atoms with Crippen molar-refractivity contribution in [1.29, 1.82) is 0 Å². The predicted octanol–water partition coefficient (Wildman–Crippen LogP) is 2.23. The van der Waals surface area contributed by atoms with E-state index in [9.17, 15) is 4.79 Å². The SMILES string of the molecule is Cc1cccc(CN(C)Cc2ccc(C(=O)NN)cc2)c1. The number of rotatable bonds is 5. The lowest BCUT2D eigenvalue weighted by molar-refractivity contribution is 0.0953. The van der Waals surface area contributed by atoms with Gasteiger partial charge < -0.3 is 0 Å². The molecule has 2 aromatic rings. The first-order chi connectivity index (χ1) is 10.1. The van der Waals surface area contributed by atoms with E-state index in [1.165, 1.54) is 16.7 Å². The van der Waals surface area contributed by atoms with Crippen LogP contribution in [0.25, 0.3) is 0 Å².